The number of hydrogen-bond acceptors (Lipinski definition) is 3. The Morgan fingerprint density at radius 3 is 1.13 bits per heavy atom. The zero-order valence-corrected chi connectivity index (χ0v) is 17.2. The molecule has 0 atom stereocenters. The average molecular weight is 396 g/mol. The highest BCUT2D eigenvalue weighted by Gasteiger charge is 2.02. The second kappa shape index (κ2) is 10.1. The van der Waals surface area contributed by atoms with Crippen molar-refractivity contribution in [1.29, 1.82) is 0 Å². The Morgan fingerprint density at radius 2 is 0.800 bits per heavy atom. The molecule has 0 aliphatic carbocycles. The van der Waals surface area contributed by atoms with Gasteiger partial charge in [-0.25, -0.2) is 0 Å². The summed E-state index contributed by atoms with van der Waals surface area (Å²) < 4.78 is 11.2. The predicted octanol–water partition coefficient (Wildman–Crippen LogP) is 6.95. The molecule has 150 valence electrons. The summed E-state index contributed by atoms with van der Waals surface area (Å²) in [7, 11) is 1.68. The Kier molecular flexibility index (Phi) is 7.01. The number of hydrogen-bond donors (Lipinski definition) is 0. The maximum absolute atomic E-state index is 8.00. The van der Waals surface area contributed by atoms with Crippen LogP contribution in [0.1, 0.15) is 5.56 Å². The minimum absolute atomic E-state index is 0.820. The second-order valence-corrected chi connectivity index (χ2v) is 6.75. The lowest BCUT2D eigenvalue weighted by Gasteiger charge is -2.09. The third kappa shape index (κ3) is 5.15. The molecule has 0 fully saturated rings. The van der Waals surface area contributed by atoms with Gasteiger partial charge in [-0.2, -0.15) is 0 Å². The van der Waals surface area contributed by atoms with E-state index in [0.717, 1.165) is 28.4 Å². The van der Waals surface area contributed by atoms with Crippen molar-refractivity contribution in [2.75, 3.05) is 7.11 Å². The number of aryl methyl sites for hydroxylation is 1. The van der Waals surface area contributed by atoms with Gasteiger partial charge in [-0.15, -0.1) is 0 Å². The van der Waals surface area contributed by atoms with Crippen molar-refractivity contribution in [3.63, 3.8) is 0 Å². The number of methoxy groups -OCH3 is 1. The molecule has 0 N–H and O–H groups in total. The zero-order valence-electron chi connectivity index (χ0n) is 17.2. The molecule has 0 aliphatic rings. The van der Waals surface area contributed by atoms with Crippen molar-refractivity contribution in [2.24, 2.45) is 0 Å². The summed E-state index contributed by atoms with van der Waals surface area (Å²) in [5.74, 6) is 2.51. The van der Waals surface area contributed by atoms with Gasteiger partial charge in [-0.1, -0.05) is 66.2 Å². The van der Waals surface area contributed by atoms with Crippen LogP contribution in [0.3, 0.4) is 0 Å². The van der Waals surface area contributed by atoms with Crippen molar-refractivity contribution in [1.82, 2.24) is 0 Å². The van der Waals surface area contributed by atoms with Crippen molar-refractivity contribution >= 4 is 6.79 Å². The van der Waals surface area contributed by atoms with Crippen LogP contribution in [-0.4, -0.2) is 13.9 Å². The fourth-order valence-corrected chi connectivity index (χ4v) is 3.10. The van der Waals surface area contributed by atoms with Crippen molar-refractivity contribution < 1.29 is 14.3 Å². The minimum atomic E-state index is 0.820. The third-order valence-corrected chi connectivity index (χ3v) is 4.75. The third-order valence-electron chi connectivity index (χ3n) is 4.75. The van der Waals surface area contributed by atoms with E-state index in [4.69, 9.17) is 14.3 Å². The highest BCUT2D eigenvalue weighted by atomic mass is 16.5. The molecule has 0 aromatic heterocycles. The SMILES string of the molecule is C=O.COc1ccc(-c2ccc(Oc3ccc(-c4ccc(C)cc4)cc3)cc2)cc1. The Balaban J connectivity index is 0.00000124. The average Bonchev–Trinajstić information content (AvgIpc) is 2.82. The van der Waals surface area contributed by atoms with Crippen LogP contribution in [0.4, 0.5) is 0 Å². The van der Waals surface area contributed by atoms with Gasteiger partial charge in [-0.3, -0.25) is 0 Å². The number of carbonyl (C=O) groups excluding carboxylic acids is 1. The van der Waals surface area contributed by atoms with Crippen molar-refractivity contribution in [3.05, 3.63) is 103 Å². The summed E-state index contributed by atoms with van der Waals surface area (Å²) in [6.07, 6.45) is 0. The van der Waals surface area contributed by atoms with Crippen LogP contribution in [0.5, 0.6) is 17.2 Å². The first-order valence-corrected chi connectivity index (χ1v) is 9.59. The summed E-state index contributed by atoms with van der Waals surface area (Å²) in [4.78, 5) is 8.00. The highest BCUT2D eigenvalue weighted by Crippen LogP contribution is 2.28. The Labute approximate surface area is 177 Å². The lowest BCUT2D eigenvalue weighted by atomic mass is 10.0. The fraction of sp³-hybridized carbons (Fsp3) is 0.0741. The van der Waals surface area contributed by atoms with Crippen LogP contribution in [-0.2, 0) is 4.79 Å². The molecule has 0 unspecified atom stereocenters. The summed E-state index contributed by atoms with van der Waals surface area (Å²) in [5.41, 5.74) is 5.95. The maximum atomic E-state index is 8.00. The van der Waals surface area contributed by atoms with Gasteiger partial charge in [-0.05, 0) is 65.6 Å². The molecule has 0 bridgehead atoms. The van der Waals surface area contributed by atoms with Gasteiger partial charge in [0.1, 0.15) is 24.0 Å². The van der Waals surface area contributed by atoms with Gasteiger partial charge in [0.25, 0.3) is 0 Å². The van der Waals surface area contributed by atoms with E-state index in [0.29, 0.717) is 0 Å². The molecule has 0 heterocycles. The molecule has 0 radical (unpaired) electrons. The highest BCUT2D eigenvalue weighted by molar-refractivity contribution is 5.66. The van der Waals surface area contributed by atoms with Crippen molar-refractivity contribution in [3.8, 4) is 39.5 Å². The van der Waals surface area contributed by atoms with E-state index in [2.05, 4.69) is 67.6 Å². The molecule has 0 amide bonds. The number of carbonyl (C=O) groups is 1. The molecule has 3 nitrogen and oxygen atoms in total. The van der Waals surface area contributed by atoms with Gasteiger partial charge < -0.3 is 14.3 Å². The molecule has 4 aromatic rings. The number of ether oxygens (including phenoxy) is 2. The first kappa shape index (κ1) is 20.9. The normalized spacial score (nSPS) is 9.93. The summed E-state index contributed by atoms with van der Waals surface area (Å²) in [6, 6.07) is 32.9. The fourth-order valence-electron chi connectivity index (χ4n) is 3.10. The smallest absolute Gasteiger partial charge is 0.127 e. The molecule has 4 rings (SSSR count). The largest absolute Gasteiger partial charge is 0.497 e. The maximum Gasteiger partial charge on any atom is 0.127 e. The summed E-state index contributed by atoms with van der Waals surface area (Å²) in [6.45, 7) is 4.10. The van der Waals surface area contributed by atoms with E-state index in [-0.39, 0.29) is 0 Å². The first-order chi connectivity index (χ1) is 14.7. The Morgan fingerprint density at radius 1 is 0.500 bits per heavy atom. The van der Waals surface area contributed by atoms with Crippen LogP contribution in [0.15, 0.2) is 97.1 Å². The van der Waals surface area contributed by atoms with E-state index >= 15 is 0 Å². The quantitative estimate of drug-likeness (QED) is 0.366. The lowest BCUT2D eigenvalue weighted by Crippen LogP contribution is -1.86. The zero-order chi connectivity index (χ0) is 21.3. The van der Waals surface area contributed by atoms with Crippen LogP contribution in [0, 0.1) is 6.92 Å². The van der Waals surface area contributed by atoms with Gasteiger partial charge in [0.15, 0.2) is 0 Å². The van der Waals surface area contributed by atoms with E-state index in [1.54, 1.807) is 7.11 Å². The van der Waals surface area contributed by atoms with Crippen LogP contribution in [0.2, 0.25) is 0 Å². The van der Waals surface area contributed by atoms with E-state index < -0.39 is 0 Å². The van der Waals surface area contributed by atoms with Gasteiger partial charge in [0.05, 0.1) is 7.11 Å². The van der Waals surface area contributed by atoms with Gasteiger partial charge in [0.2, 0.25) is 0 Å². The molecule has 0 aliphatic heterocycles. The molecule has 4 aromatic carbocycles. The number of rotatable bonds is 5. The summed E-state index contributed by atoms with van der Waals surface area (Å²) >= 11 is 0. The first-order valence-electron chi connectivity index (χ1n) is 9.59. The Hall–Kier alpha value is -3.85. The van der Waals surface area contributed by atoms with E-state index in [1.807, 2.05) is 43.2 Å². The monoisotopic (exact) mass is 396 g/mol. The summed E-state index contributed by atoms with van der Waals surface area (Å²) in [5, 5.41) is 0. The Bertz CT molecular complexity index is 1050. The molecule has 30 heavy (non-hydrogen) atoms. The van der Waals surface area contributed by atoms with E-state index in [9.17, 15) is 0 Å². The minimum Gasteiger partial charge on any atom is -0.497 e. The molecule has 0 spiro atoms. The van der Waals surface area contributed by atoms with Gasteiger partial charge in [0, 0.05) is 0 Å². The molecular weight excluding hydrogens is 372 g/mol. The molecular formula is C27H24O3. The predicted molar refractivity (Wildman–Crippen MR) is 122 cm³/mol. The lowest BCUT2D eigenvalue weighted by molar-refractivity contribution is -0.0979. The van der Waals surface area contributed by atoms with Gasteiger partial charge >= 0.3 is 0 Å². The van der Waals surface area contributed by atoms with Crippen molar-refractivity contribution in [2.45, 2.75) is 6.92 Å². The van der Waals surface area contributed by atoms with Crippen LogP contribution >= 0.6 is 0 Å². The van der Waals surface area contributed by atoms with Crippen LogP contribution in [0.25, 0.3) is 22.3 Å². The van der Waals surface area contributed by atoms with E-state index in [1.165, 1.54) is 16.7 Å². The number of benzene rings is 4. The standard InChI is InChI=1S/C26H22O2.CH2O/c1-19-3-5-20(6-4-19)22-9-15-25(16-10-22)28-26-17-11-23(12-18-26)21-7-13-24(27-2)14-8-21;1-2/h3-18H,1-2H3;1H2. The molecule has 0 saturated carbocycles. The second-order valence-electron chi connectivity index (χ2n) is 6.75. The van der Waals surface area contributed by atoms with Crippen LogP contribution < -0.4 is 9.47 Å². The topological polar surface area (TPSA) is 35.5 Å². The molecule has 3 heteroatoms. The molecule has 0 saturated heterocycles.